The molecule has 1 fully saturated rings. The van der Waals surface area contributed by atoms with Crippen LogP contribution in [0.2, 0.25) is 0 Å². The highest BCUT2D eigenvalue weighted by molar-refractivity contribution is 7.08. The summed E-state index contributed by atoms with van der Waals surface area (Å²) in [4.78, 5) is 36.1. The number of carbonyl (C=O) groups excluding carboxylic acids is 2. The third-order valence-electron chi connectivity index (χ3n) is 4.18. The fraction of sp³-hybridized carbons (Fsp3) is 0.333. The Kier molecular flexibility index (Phi) is 4.63. The van der Waals surface area contributed by atoms with Crippen molar-refractivity contribution in [2.45, 2.75) is 18.0 Å². The fourth-order valence-electron chi connectivity index (χ4n) is 3.12. The van der Waals surface area contributed by atoms with Gasteiger partial charge in [-0.05, 0) is 44.8 Å². The van der Waals surface area contributed by atoms with Crippen molar-refractivity contribution in [2.75, 3.05) is 7.11 Å². The summed E-state index contributed by atoms with van der Waals surface area (Å²) in [6.45, 7) is 0. The first-order chi connectivity index (χ1) is 11.5. The summed E-state index contributed by atoms with van der Waals surface area (Å²) < 4.78 is 4.73. The Balaban J connectivity index is 2.11. The maximum absolute atomic E-state index is 12.5. The van der Waals surface area contributed by atoms with Crippen LogP contribution in [-0.2, 0) is 14.3 Å². The molecule has 3 rings (SSSR count). The molecule has 9 heteroatoms. The van der Waals surface area contributed by atoms with Crippen molar-refractivity contribution in [3.05, 3.63) is 54.9 Å². The van der Waals surface area contributed by atoms with Crippen LogP contribution >= 0.6 is 22.7 Å². The second kappa shape index (κ2) is 6.70. The number of methoxy groups -OCH3 is 1. The number of thiophene rings is 2. The van der Waals surface area contributed by atoms with Gasteiger partial charge in [-0.15, -0.1) is 0 Å². The van der Waals surface area contributed by atoms with Gasteiger partial charge in [0.2, 0.25) is 11.9 Å². The molecule has 1 amide bonds. The molecule has 1 N–H and O–H groups in total. The van der Waals surface area contributed by atoms with Crippen LogP contribution in [0, 0.1) is 16.0 Å². The molecule has 0 radical (unpaired) electrons. The number of nitrogens with zero attached hydrogens (tertiary/aromatic N) is 1. The summed E-state index contributed by atoms with van der Waals surface area (Å²) in [5.41, 5.74) is 1.27. The van der Waals surface area contributed by atoms with Gasteiger partial charge in [0.25, 0.3) is 0 Å². The molecule has 24 heavy (non-hydrogen) atoms. The summed E-state index contributed by atoms with van der Waals surface area (Å²) in [7, 11) is 1.17. The van der Waals surface area contributed by atoms with Crippen LogP contribution in [0.15, 0.2) is 33.7 Å². The van der Waals surface area contributed by atoms with Gasteiger partial charge >= 0.3 is 5.97 Å². The van der Waals surface area contributed by atoms with Crippen LogP contribution in [0.3, 0.4) is 0 Å². The summed E-state index contributed by atoms with van der Waals surface area (Å²) >= 11 is 2.76. The van der Waals surface area contributed by atoms with Crippen LogP contribution < -0.4 is 5.32 Å². The van der Waals surface area contributed by atoms with Gasteiger partial charge < -0.3 is 10.1 Å². The van der Waals surface area contributed by atoms with E-state index >= 15 is 0 Å². The maximum Gasteiger partial charge on any atom is 0.319 e. The van der Waals surface area contributed by atoms with Crippen molar-refractivity contribution in [1.82, 2.24) is 5.32 Å². The van der Waals surface area contributed by atoms with Crippen molar-refractivity contribution in [2.24, 2.45) is 5.92 Å². The van der Waals surface area contributed by atoms with Crippen molar-refractivity contribution >= 4 is 34.6 Å². The summed E-state index contributed by atoms with van der Waals surface area (Å²) in [5.74, 6) is -3.43. The average Bonchev–Trinajstić information content (AvgIpc) is 3.25. The number of hydrogen-bond donors (Lipinski definition) is 1. The third kappa shape index (κ3) is 2.80. The molecule has 1 aliphatic rings. The second-order valence-electron chi connectivity index (χ2n) is 5.40. The van der Waals surface area contributed by atoms with Crippen molar-refractivity contribution < 1.29 is 19.2 Å². The van der Waals surface area contributed by atoms with Gasteiger partial charge in [-0.25, -0.2) is 0 Å². The number of rotatable bonds is 4. The number of esters is 1. The van der Waals surface area contributed by atoms with E-state index in [1.807, 2.05) is 0 Å². The lowest BCUT2D eigenvalue weighted by molar-refractivity contribution is -0.534. The van der Waals surface area contributed by atoms with E-state index < -0.39 is 40.7 Å². The number of piperidine rings is 1. The van der Waals surface area contributed by atoms with Gasteiger partial charge in [0.05, 0.1) is 13.0 Å². The van der Waals surface area contributed by atoms with E-state index in [0.29, 0.717) is 11.1 Å². The molecule has 3 heterocycles. The SMILES string of the molecule is COC(=O)C1C(=O)NC(c2ccsc2)C([N+](=O)[O-])C1c1ccsc1. The first-order valence-corrected chi connectivity index (χ1v) is 8.99. The molecule has 0 saturated carbocycles. The second-order valence-corrected chi connectivity index (χ2v) is 6.96. The lowest BCUT2D eigenvalue weighted by atomic mass is 9.74. The predicted molar refractivity (Wildman–Crippen MR) is 88.6 cm³/mol. The summed E-state index contributed by atoms with van der Waals surface area (Å²) in [5, 5.41) is 21.5. The van der Waals surface area contributed by atoms with Gasteiger partial charge in [0.15, 0.2) is 0 Å². The van der Waals surface area contributed by atoms with E-state index in [1.165, 1.54) is 29.8 Å². The summed E-state index contributed by atoms with van der Waals surface area (Å²) in [6, 6.07) is 1.51. The Bertz CT molecular complexity index is 744. The molecule has 0 bridgehead atoms. The molecule has 0 spiro atoms. The summed E-state index contributed by atoms with van der Waals surface area (Å²) in [6.07, 6.45) is 0. The molecule has 2 aromatic rings. The third-order valence-corrected chi connectivity index (χ3v) is 5.58. The first kappa shape index (κ1) is 16.6. The lowest BCUT2D eigenvalue weighted by Crippen LogP contribution is -2.56. The largest absolute Gasteiger partial charge is 0.468 e. The van der Waals surface area contributed by atoms with Crippen LogP contribution in [0.1, 0.15) is 23.1 Å². The van der Waals surface area contributed by atoms with Crippen LogP contribution in [-0.4, -0.2) is 30.0 Å². The van der Waals surface area contributed by atoms with Crippen LogP contribution in [0.5, 0.6) is 0 Å². The molecular weight excluding hydrogens is 352 g/mol. The highest BCUT2D eigenvalue weighted by Gasteiger charge is 2.55. The topological polar surface area (TPSA) is 98.5 Å². The van der Waals surface area contributed by atoms with E-state index in [4.69, 9.17) is 4.74 Å². The number of nitro groups is 1. The molecule has 126 valence electrons. The molecule has 1 aliphatic heterocycles. The first-order valence-electron chi connectivity index (χ1n) is 7.10. The van der Waals surface area contributed by atoms with Gasteiger partial charge in [-0.2, -0.15) is 22.7 Å². The molecule has 4 atom stereocenters. The van der Waals surface area contributed by atoms with Crippen LogP contribution in [0.25, 0.3) is 0 Å². The van der Waals surface area contributed by atoms with Crippen molar-refractivity contribution in [3.8, 4) is 0 Å². The molecular formula is C15H14N2O5S2. The fourth-order valence-corrected chi connectivity index (χ4v) is 4.52. The van der Waals surface area contributed by atoms with Gasteiger partial charge in [0.1, 0.15) is 12.0 Å². The predicted octanol–water partition coefficient (Wildman–Crippen LogP) is 2.20. The zero-order valence-electron chi connectivity index (χ0n) is 12.6. The quantitative estimate of drug-likeness (QED) is 0.387. The Labute approximate surface area is 145 Å². The Morgan fingerprint density at radius 2 is 1.88 bits per heavy atom. The normalized spacial score (nSPS) is 26.6. The van der Waals surface area contributed by atoms with Crippen molar-refractivity contribution in [3.63, 3.8) is 0 Å². The minimum Gasteiger partial charge on any atom is -0.468 e. The Morgan fingerprint density at radius 1 is 1.25 bits per heavy atom. The lowest BCUT2D eigenvalue weighted by Gasteiger charge is -2.36. The number of hydrogen-bond acceptors (Lipinski definition) is 7. The maximum atomic E-state index is 12.5. The molecule has 7 nitrogen and oxygen atoms in total. The molecule has 1 saturated heterocycles. The van der Waals surface area contributed by atoms with E-state index in [1.54, 1.807) is 33.7 Å². The van der Waals surface area contributed by atoms with Gasteiger partial charge in [-0.1, -0.05) is 0 Å². The highest BCUT2D eigenvalue weighted by Crippen LogP contribution is 2.41. The van der Waals surface area contributed by atoms with E-state index in [9.17, 15) is 19.7 Å². The van der Waals surface area contributed by atoms with Gasteiger partial charge in [-0.3, -0.25) is 19.7 Å². The monoisotopic (exact) mass is 366 g/mol. The van der Waals surface area contributed by atoms with E-state index in [-0.39, 0.29) is 0 Å². The standard InChI is InChI=1S/C15H14N2O5S2/c1-22-15(19)11-10(8-2-4-23-6-8)13(17(20)21)12(16-14(11)18)9-3-5-24-7-9/h2-7,10-13H,1H3,(H,16,18). The van der Waals surface area contributed by atoms with Crippen LogP contribution in [0.4, 0.5) is 0 Å². The molecule has 2 aromatic heterocycles. The number of nitrogens with one attached hydrogen (secondary N) is 1. The molecule has 0 aromatic carbocycles. The van der Waals surface area contributed by atoms with Gasteiger partial charge in [0, 0.05) is 4.92 Å². The zero-order chi connectivity index (χ0) is 17.3. The molecule has 4 unspecified atom stereocenters. The number of ether oxygens (including phenoxy) is 1. The smallest absolute Gasteiger partial charge is 0.319 e. The van der Waals surface area contributed by atoms with E-state index in [0.717, 1.165) is 0 Å². The minimum atomic E-state index is -1.24. The highest BCUT2D eigenvalue weighted by atomic mass is 32.1. The number of amides is 1. The average molecular weight is 366 g/mol. The van der Waals surface area contributed by atoms with Crippen molar-refractivity contribution in [1.29, 1.82) is 0 Å². The molecule has 0 aliphatic carbocycles. The van der Waals surface area contributed by atoms with E-state index in [2.05, 4.69) is 5.32 Å². The zero-order valence-corrected chi connectivity index (χ0v) is 14.2. The Hall–Kier alpha value is -2.26. The minimum absolute atomic E-state index is 0.417. The number of carbonyl (C=O) groups is 2. The Morgan fingerprint density at radius 3 is 2.38 bits per heavy atom.